The Morgan fingerprint density at radius 1 is 0.259 bits per heavy atom. The van der Waals surface area contributed by atoms with Crippen LogP contribution in [0, 0.1) is 0 Å². The summed E-state index contributed by atoms with van der Waals surface area (Å²) in [7, 11) is 0. The van der Waals surface area contributed by atoms with Gasteiger partial charge >= 0.3 is 17.9 Å². The molecule has 0 saturated carbocycles. The molecule has 81 heavy (non-hydrogen) atoms. The van der Waals surface area contributed by atoms with Crippen LogP contribution >= 0.6 is 0 Å². The highest BCUT2D eigenvalue weighted by atomic mass is 16.6. The van der Waals surface area contributed by atoms with E-state index in [9.17, 15) is 14.4 Å². The highest BCUT2D eigenvalue weighted by Crippen LogP contribution is 2.17. The first kappa shape index (κ1) is 77.1. The van der Waals surface area contributed by atoms with Gasteiger partial charge in [0, 0.05) is 19.3 Å². The fourth-order valence-corrected chi connectivity index (χ4v) is 9.64. The SMILES string of the molecule is CC/C=C\C/C=C\C/C=C\C/C=C\C/C=C\C/C=C\C/C=C\CCCC(=O)OCC(COC(=O)CCCCCCCCCCC/C=C\C/C=C\CCCCC)OC(=O)CCCCCCCCCCCCCCCCCCCCCCC. The predicted molar refractivity (Wildman–Crippen MR) is 353 cm³/mol. The first-order valence-electron chi connectivity index (χ1n) is 34.4. The summed E-state index contributed by atoms with van der Waals surface area (Å²) in [5.41, 5.74) is 0. The Balaban J connectivity index is 4.47. The fraction of sp³-hybridized carbons (Fsp3) is 0.720. The molecular formula is C75H128O6. The highest BCUT2D eigenvalue weighted by Gasteiger charge is 2.19. The second-order valence-electron chi connectivity index (χ2n) is 22.7. The van der Waals surface area contributed by atoms with Gasteiger partial charge in [-0.25, -0.2) is 0 Å². The van der Waals surface area contributed by atoms with Crippen molar-refractivity contribution < 1.29 is 28.6 Å². The van der Waals surface area contributed by atoms with Gasteiger partial charge in [-0.05, 0) is 103 Å². The van der Waals surface area contributed by atoms with Crippen molar-refractivity contribution in [3.63, 3.8) is 0 Å². The van der Waals surface area contributed by atoms with Crippen molar-refractivity contribution in [2.75, 3.05) is 13.2 Å². The minimum Gasteiger partial charge on any atom is -0.462 e. The summed E-state index contributed by atoms with van der Waals surface area (Å²) in [5.74, 6) is -0.948. The molecule has 6 heteroatoms. The van der Waals surface area contributed by atoms with E-state index in [1.807, 2.05) is 0 Å². The standard InChI is InChI=1S/C75H128O6/c1-4-7-10-13-16-19-22-25-28-31-34-36-37-39-41-44-47-50-53-56-59-62-65-68-74(77)80-71-72(70-79-73(76)67-64-61-58-55-52-49-46-43-40-33-30-27-24-21-18-15-12-9-6-3)81-75(78)69-66-63-60-57-54-51-48-45-42-38-35-32-29-26-23-20-17-14-11-8-5-2/h7,10,16,18-19,21,25,27-28,30,34,36,39,41,47,50,56,59,72H,4-6,8-9,11-15,17,20,22-24,26,29,31-33,35,37-38,40,42-46,48-49,51-55,57-58,60-71H2,1-3H3/b10-7-,19-16-,21-18-,28-25-,30-27-,36-34-,41-39-,50-47-,59-56-. The van der Waals surface area contributed by atoms with Gasteiger partial charge < -0.3 is 14.2 Å². The Hall–Kier alpha value is -3.93. The summed E-state index contributed by atoms with van der Waals surface area (Å²) >= 11 is 0. The lowest BCUT2D eigenvalue weighted by Crippen LogP contribution is -2.30. The number of carbonyl (C=O) groups is 3. The van der Waals surface area contributed by atoms with E-state index in [1.165, 1.54) is 186 Å². The Bertz CT molecular complexity index is 1620. The number of carbonyl (C=O) groups excluding carboxylic acids is 3. The van der Waals surface area contributed by atoms with Crippen LogP contribution in [-0.2, 0) is 28.6 Å². The smallest absolute Gasteiger partial charge is 0.306 e. The maximum absolute atomic E-state index is 13.0. The van der Waals surface area contributed by atoms with Crippen LogP contribution in [0.2, 0.25) is 0 Å². The Labute approximate surface area is 501 Å². The van der Waals surface area contributed by atoms with Gasteiger partial charge in [-0.2, -0.15) is 0 Å². The molecule has 1 atom stereocenters. The molecule has 464 valence electrons. The normalized spacial score (nSPS) is 12.8. The minimum absolute atomic E-state index is 0.0968. The molecule has 0 rings (SSSR count). The monoisotopic (exact) mass is 1120 g/mol. The van der Waals surface area contributed by atoms with Crippen LogP contribution in [0.3, 0.4) is 0 Å². The number of allylic oxidation sites excluding steroid dienone is 18. The van der Waals surface area contributed by atoms with Gasteiger partial charge in [-0.15, -0.1) is 0 Å². The Kier molecular flexibility index (Phi) is 65.2. The molecule has 0 bridgehead atoms. The maximum Gasteiger partial charge on any atom is 0.306 e. The molecule has 0 radical (unpaired) electrons. The molecule has 0 heterocycles. The lowest BCUT2D eigenvalue weighted by molar-refractivity contribution is -0.167. The second-order valence-corrected chi connectivity index (χ2v) is 22.7. The predicted octanol–water partition coefficient (Wildman–Crippen LogP) is 23.8. The van der Waals surface area contributed by atoms with Crippen molar-refractivity contribution in [2.45, 2.75) is 335 Å². The van der Waals surface area contributed by atoms with Crippen molar-refractivity contribution in [3.8, 4) is 0 Å². The Morgan fingerprint density at radius 3 is 0.827 bits per heavy atom. The summed E-state index contributed by atoms with van der Waals surface area (Å²) in [6, 6.07) is 0. The van der Waals surface area contributed by atoms with E-state index >= 15 is 0 Å². The van der Waals surface area contributed by atoms with Crippen LogP contribution in [0.4, 0.5) is 0 Å². The Morgan fingerprint density at radius 2 is 0.494 bits per heavy atom. The molecule has 0 amide bonds. The summed E-state index contributed by atoms with van der Waals surface area (Å²) in [4.78, 5) is 38.4. The molecule has 0 aliphatic rings. The van der Waals surface area contributed by atoms with E-state index in [-0.39, 0.29) is 37.5 Å². The zero-order valence-corrected chi connectivity index (χ0v) is 53.3. The highest BCUT2D eigenvalue weighted by molar-refractivity contribution is 5.71. The summed E-state index contributed by atoms with van der Waals surface area (Å²) in [6.07, 6.45) is 93.9. The summed E-state index contributed by atoms with van der Waals surface area (Å²) in [6.45, 7) is 6.49. The summed E-state index contributed by atoms with van der Waals surface area (Å²) in [5, 5.41) is 0. The number of esters is 3. The topological polar surface area (TPSA) is 78.9 Å². The van der Waals surface area contributed by atoms with E-state index in [4.69, 9.17) is 14.2 Å². The van der Waals surface area contributed by atoms with Gasteiger partial charge in [0.25, 0.3) is 0 Å². The van der Waals surface area contributed by atoms with Crippen molar-refractivity contribution in [2.24, 2.45) is 0 Å². The van der Waals surface area contributed by atoms with E-state index in [0.717, 1.165) is 96.3 Å². The van der Waals surface area contributed by atoms with E-state index in [2.05, 4.69) is 130 Å². The summed E-state index contributed by atoms with van der Waals surface area (Å²) < 4.78 is 16.9. The van der Waals surface area contributed by atoms with Crippen LogP contribution in [0.5, 0.6) is 0 Å². The van der Waals surface area contributed by atoms with Crippen LogP contribution < -0.4 is 0 Å². The zero-order valence-electron chi connectivity index (χ0n) is 53.3. The molecule has 0 saturated heterocycles. The largest absolute Gasteiger partial charge is 0.462 e. The van der Waals surface area contributed by atoms with Crippen LogP contribution in [-0.4, -0.2) is 37.2 Å². The van der Waals surface area contributed by atoms with Crippen molar-refractivity contribution >= 4 is 17.9 Å². The van der Waals surface area contributed by atoms with E-state index in [1.54, 1.807) is 0 Å². The lowest BCUT2D eigenvalue weighted by atomic mass is 10.0. The molecule has 0 fully saturated rings. The molecule has 0 aromatic heterocycles. The lowest BCUT2D eigenvalue weighted by Gasteiger charge is -2.18. The molecule has 0 spiro atoms. The maximum atomic E-state index is 13.0. The van der Waals surface area contributed by atoms with E-state index in [0.29, 0.717) is 19.3 Å². The fourth-order valence-electron chi connectivity index (χ4n) is 9.64. The number of rotatable bonds is 62. The van der Waals surface area contributed by atoms with Gasteiger partial charge in [0.2, 0.25) is 0 Å². The van der Waals surface area contributed by atoms with Crippen molar-refractivity contribution in [1.29, 1.82) is 0 Å². The number of hydrogen-bond donors (Lipinski definition) is 0. The molecular weight excluding hydrogens is 997 g/mol. The van der Waals surface area contributed by atoms with Crippen LogP contribution in [0.1, 0.15) is 329 Å². The average Bonchev–Trinajstić information content (AvgIpc) is 3.47. The van der Waals surface area contributed by atoms with Gasteiger partial charge in [0.05, 0.1) is 0 Å². The first-order chi connectivity index (χ1) is 40.0. The molecule has 6 nitrogen and oxygen atoms in total. The van der Waals surface area contributed by atoms with Gasteiger partial charge in [0.1, 0.15) is 13.2 Å². The number of ether oxygens (including phenoxy) is 3. The number of hydrogen-bond acceptors (Lipinski definition) is 6. The minimum atomic E-state index is -0.806. The van der Waals surface area contributed by atoms with Crippen molar-refractivity contribution in [1.82, 2.24) is 0 Å². The van der Waals surface area contributed by atoms with Gasteiger partial charge in [0.15, 0.2) is 6.10 Å². The third-order valence-corrected chi connectivity index (χ3v) is 14.8. The molecule has 1 unspecified atom stereocenters. The molecule has 0 aliphatic carbocycles. The van der Waals surface area contributed by atoms with Crippen molar-refractivity contribution in [3.05, 3.63) is 109 Å². The van der Waals surface area contributed by atoms with Crippen LogP contribution in [0.15, 0.2) is 109 Å². The third kappa shape index (κ3) is 66.8. The number of unbranched alkanes of at least 4 members (excludes halogenated alkanes) is 33. The third-order valence-electron chi connectivity index (χ3n) is 14.8. The van der Waals surface area contributed by atoms with E-state index < -0.39 is 6.10 Å². The second kappa shape index (κ2) is 68.6. The molecule has 0 aromatic carbocycles. The molecule has 0 aliphatic heterocycles. The molecule has 0 aromatic rings. The molecule has 0 N–H and O–H groups in total. The zero-order chi connectivity index (χ0) is 58.5. The first-order valence-corrected chi connectivity index (χ1v) is 34.4. The van der Waals surface area contributed by atoms with Gasteiger partial charge in [-0.1, -0.05) is 316 Å². The quantitative estimate of drug-likeness (QED) is 0.0261. The van der Waals surface area contributed by atoms with Crippen LogP contribution in [0.25, 0.3) is 0 Å². The van der Waals surface area contributed by atoms with Gasteiger partial charge in [-0.3, -0.25) is 14.4 Å². The average molecular weight is 1130 g/mol.